The zero-order chi connectivity index (χ0) is 17.7. The number of hydrogen-bond donors (Lipinski definition) is 1. The molecule has 1 aromatic heterocycles. The van der Waals surface area contributed by atoms with Crippen LogP contribution in [0.2, 0.25) is 5.02 Å². The highest BCUT2D eigenvalue weighted by Crippen LogP contribution is 2.17. The minimum Gasteiger partial charge on any atom is -0.357 e. The Balaban J connectivity index is 0.00000312. The molecule has 2 aromatic rings. The van der Waals surface area contributed by atoms with Crippen molar-refractivity contribution < 1.29 is 0 Å². The third-order valence-electron chi connectivity index (χ3n) is 4.11. The number of aromatic nitrogens is 2. The van der Waals surface area contributed by atoms with Crippen molar-refractivity contribution in [3.8, 4) is 0 Å². The van der Waals surface area contributed by atoms with Gasteiger partial charge in [-0.3, -0.25) is 4.68 Å². The molecular formula is C18H27ClIN5. The van der Waals surface area contributed by atoms with Gasteiger partial charge in [-0.05, 0) is 32.4 Å². The maximum absolute atomic E-state index is 6.27. The molecule has 0 aliphatic heterocycles. The number of benzene rings is 1. The summed E-state index contributed by atoms with van der Waals surface area (Å²) >= 11 is 6.27. The Morgan fingerprint density at radius 1 is 1.32 bits per heavy atom. The van der Waals surface area contributed by atoms with Crippen LogP contribution in [0.3, 0.4) is 0 Å². The van der Waals surface area contributed by atoms with E-state index in [9.17, 15) is 0 Å². The summed E-state index contributed by atoms with van der Waals surface area (Å²) in [6, 6.07) is 7.90. The Bertz CT molecular complexity index is 726. The summed E-state index contributed by atoms with van der Waals surface area (Å²) in [5.41, 5.74) is 4.45. The molecular weight excluding hydrogens is 449 g/mol. The average Bonchev–Trinajstić information content (AvgIpc) is 2.79. The van der Waals surface area contributed by atoms with Gasteiger partial charge in [-0.25, -0.2) is 4.99 Å². The standard InChI is InChI=1S/C18H26ClN5.HI/c1-6-20-18(21-11-16-13(2)22-24(5)14(16)3)23(4)12-15-9-7-8-10-17(15)19;/h7-10H,6,11-12H2,1-5H3,(H,20,21);1H. The monoisotopic (exact) mass is 475 g/mol. The lowest BCUT2D eigenvalue weighted by atomic mass is 10.2. The third-order valence-corrected chi connectivity index (χ3v) is 4.48. The molecule has 7 heteroatoms. The van der Waals surface area contributed by atoms with Gasteiger partial charge in [0, 0.05) is 43.5 Å². The molecule has 0 aliphatic carbocycles. The van der Waals surface area contributed by atoms with Crippen LogP contribution in [0.4, 0.5) is 0 Å². The largest absolute Gasteiger partial charge is 0.357 e. The molecule has 138 valence electrons. The second-order valence-corrected chi connectivity index (χ2v) is 6.30. The first-order chi connectivity index (χ1) is 11.4. The molecule has 1 N–H and O–H groups in total. The van der Waals surface area contributed by atoms with Crippen LogP contribution in [-0.2, 0) is 20.1 Å². The summed E-state index contributed by atoms with van der Waals surface area (Å²) in [5, 5.41) is 8.58. The second kappa shape index (κ2) is 10.0. The molecule has 0 fully saturated rings. The number of aryl methyl sites for hydroxylation is 2. The van der Waals surface area contributed by atoms with E-state index in [1.807, 2.05) is 50.0 Å². The van der Waals surface area contributed by atoms with E-state index in [4.69, 9.17) is 16.6 Å². The van der Waals surface area contributed by atoms with Crippen molar-refractivity contribution in [1.82, 2.24) is 20.0 Å². The van der Waals surface area contributed by atoms with Gasteiger partial charge < -0.3 is 10.2 Å². The summed E-state index contributed by atoms with van der Waals surface area (Å²) in [7, 11) is 3.98. The fraction of sp³-hybridized carbons (Fsp3) is 0.444. The zero-order valence-electron chi connectivity index (χ0n) is 15.5. The first-order valence-electron chi connectivity index (χ1n) is 8.16. The maximum Gasteiger partial charge on any atom is 0.194 e. The van der Waals surface area contributed by atoms with Gasteiger partial charge in [-0.1, -0.05) is 29.8 Å². The molecule has 0 spiro atoms. The van der Waals surface area contributed by atoms with E-state index in [-0.39, 0.29) is 24.0 Å². The van der Waals surface area contributed by atoms with E-state index in [0.717, 1.165) is 34.5 Å². The van der Waals surface area contributed by atoms with Crippen LogP contribution < -0.4 is 5.32 Å². The third kappa shape index (κ3) is 5.60. The molecule has 25 heavy (non-hydrogen) atoms. The number of nitrogens with one attached hydrogen (secondary N) is 1. The van der Waals surface area contributed by atoms with Gasteiger partial charge in [0.2, 0.25) is 0 Å². The Morgan fingerprint density at radius 2 is 2.00 bits per heavy atom. The topological polar surface area (TPSA) is 45.5 Å². The highest BCUT2D eigenvalue weighted by molar-refractivity contribution is 14.0. The molecule has 0 saturated carbocycles. The van der Waals surface area contributed by atoms with E-state index in [1.54, 1.807) is 0 Å². The van der Waals surface area contributed by atoms with E-state index >= 15 is 0 Å². The van der Waals surface area contributed by atoms with Gasteiger partial charge in [0.05, 0.1) is 12.2 Å². The van der Waals surface area contributed by atoms with Crippen molar-refractivity contribution in [1.29, 1.82) is 0 Å². The normalized spacial score (nSPS) is 11.2. The van der Waals surface area contributed by atoms with Crippen LogP contribution in [0.5, 0.6) is 0 Å². The van der Waals surface area contributed by atoms with Crippen molar-refractivity contribution in [2.24, 2.45) is 12.0 Å². The Labute approximate surface area is 172 Å². The Kier molecular flexibility index (Phi) is 8.71. The highest BCUT2D eigenvalue weighted by Gasteiger charge is 2.12. The SMILES string of the molecule is CCNC(=NCc1c(C)nn(C)c1C)N(C)Cc1ccccc1Cl.I. The van der Waals surface area contributed by atoms with Crippen LogP contribution in [0.25, 0.3) is 0 Å². The highest BCUT2D eigenvalue weighted by atomic mass is 127. The average molecular weight is 476 g/mol. The van der Waals surface area contributed by atoms with Crippen molar-refractivity contribution in [2.45, 2.75) is 33.9 Å². The van der Waals surface area contributed by atoms with Gasteiger partial charge in [-0.15, -0.1) is 24.0 Å². The molecule has 0 bridgehead atoms. The van der Waals surface area contributed by atoms with Crippen molar-refractivity contribution in [2.75, 3.05) is 13.6 Å². The van der Waals surface area contributed by atoms with Crippen molar-refractivity contribution in [3.05, 3.63) is 51.8 Å². The predicted octanol–water partition coefficient (Wildman–Crippen LogP) is 3.91. The molecule has 2 rings (SSSR count). The molecule has 1 aromatic carbocycles. The van der Waals surface area contributed by atoms with Crippen LogP contribution in [0, 0.1) is 13.8 Å². The molecule has 0 amide bonds. The Hall–Kier alpha value is -1.28. The smallest absolute Gasteiger partial charge is 0.194 e. The number of rotatable bonds is 5. The van der Waals surface area contributed by atoms with Gasteiger partial charge in [0.25, 0.3) is 0 Å². The first-order valence-corrected chi connectivity index (χ1v) is 8.53. The van der Waals surface area contributed by atoms with E-state index < -0.39 is 0 Å². The molecule has 0 aliphatic rings. The lowest BCUT2D eigenvalue weighted by molar-refractivity contribution is 0.477. The number of nitrogens with zero attached hydrogens (tertiary/aromatic N) is 4. The van der Waals surface area contributed by atoms with Crippen LogP contribution in [0.1, 0.15) is 29.4 Å². The summed E-state index contributed by atoms with van der Waals surface area (Å²) in [5.74, 6) is 0.861. The molecule has 0 atom stereocenters. The van der Waals surface area contributed by atoms with Crippen LogP contribution in [-0.4, -0.2) is 34.2 Å². The van der Waals surface area contributed by atoms with Crippen LogP contribution >= 0.6 is 35.6 Å². The molecule has 1 heterocycles. The lowest BCUT2D eigenvalue weighted by Gasteiger charge is -2.22. The van der Waals surface area contributed by atoms with E-state index in [1.165, 1.54) is 5.56 Å². The minimum atomic E-state index is 0. The molecule has 5 nitrogen and oxygen atoms in total. The fourth-order valence-electron chi connectivity index (χ4n) is 2.63. The molecule has 0 saturated heterocycles. The van der Waals surface area contributed by atoms with E-state index in [2.05, 4.69) is 29.2 Å². The summed E-state index contributed by atoms with van der Waals surface area (Å²) < 4.78 is 1.90. The van der Waals surface area contributed by atoms with Gasteiger partial charge in [-0.2, -0.15) is 5.10 Å². The summed E-state index contributed by atoms with van der Waals surface area (Å²) in [4.78, 5) is 6.87. The molecule has 0 unspecified atom stereocenters. The quantitative estimate of drug-likeness (QED) is 0.405. The Morgan fingerprint density at radius 3 is 2.56 bits per heavy atom. The number of halogens is 2. The van der Waals surface area contributed by atoms with Crippen molar-refractivity contribution in [3.63, 3.8) is 0 Å². The first kappa shape index (κ1) is 21.8. The van der Waals surface area contributed by atoms with E-state index in [0.29, 0.717) is 13.1 Å². The lowest BCUT2D eigenvalue weighted by Crippen LogP contribution is -2.38. The van der Waals surface area contributed by atoms with Gasteiger partial charge >= 0.3 is 0 Å². The molecule has 0 radical (unpaired) electrons. The zero-order valence-corrected chi connectivity index (χ0v) is 18.6. The van der Waals surface area contributed by atoms with Gasteiger partial charge in [0.15, 0.2) is 5.96 Å². The number of guanidine groups is 1. The minimum absolute atomic E-state index is 0. The maximum atomic E-state index is 6.27. The number of hydrogen-bond acceptors (Lipinski definition) is 2. The summed E-state index contributed by atoms with van der Waals surface area (Å²) in [6.45, 7) is 8.30. The second-order valence-electron chi connectivity index (χ2n) is 5.89. The van der Waals surface area contributed by atoms with Crippen molar-refractivity contribution >= 4 is 41.5 Å². The number of aliphatic imine (C=N–C) groups is 1. The van der Waals surface area contributed by atoms with Crippen LogP contribution in [0.15, 0.2) is 29.3 Å². The fourth-order valence-corrected chi connectivity index (χ4v) is 2.82. The summed E-state index contributed by atoms with van der Waals surface area (Å²) in [6.07, 6.45) is 0. The van der Waals surface area contributed by atoms with Gasteiger partial charge in [0.1, 0.15) is 0 Å². The predicted molar refractivity (Wildman–Crippen MR) is 116 cm³/mol.